The standard InChI is InChI=1S/C23H22N4O2S/c28-21(19-3-1-5-20-18(19)4-2-11-24-20)25-13-15-6-8-16(9-7-15)22-26-27-23(29-22)17-10-12-30-14-17/h1-5,10-12,14-16H,6-9,13H2,(H,25,28). The summed E-state index contributed by atoms with van der Waals surface area (Å²) in [5.74, 6) is 2.08. The number of benzene rings is 1. The molecular weight excluding hydrogens is 396 g/mol. The molecule has 1 aliphatic carbocycles. The molecule has 0 spiro atoms. The molecule has 3 heterocycles. The summed E-state index contributed by atoms with van der Waals surface area (Å²) in [6, 6.07) is 11.5. The van der Waals surface area contributed by atoms with Gasteiger partial charge in [-0.3, -0.25) is 9.78 Å². The van der Waals surface area contributed by atoms with E-state index in [1.165, 1.54) is 0 Å². The van der Waals surface area contributed by atoms with Crippen molar-refractivity contribution in [1.82, 2.24) is 20.5 Å². The second kappa shape index (κ2) is 8.36. The lowest BCUT2D eigenvalue weighted by atomic mass is 9.82. The van der Waals surface area contributed by atoms with Crippen LogP contribution >= 0.6 is 11.3 Å². The molecule has 0 radical (unpaired) electrons. The maximum Gasteiger partial charge on any atom is 0.251 e. The Morgan fingerprint density at radius 3 is 2.83 bits per heavy atom. The molecule has 0 atom stereocenters. The fourth-order valence-electron chi connectivity index (χ4n) is 4.15. The lowest BCUT2D eigenvalue weighted by molar-refractivity contribution is 0.0944. The number of aromatic nitrogens is 3. The van der Waals surface area contributed by atoms with Crippen LogP contribution < -0.4 is 5.32 Å². The number of carbonyl (C=O) groups excluding carboxylic acids is 1. The lowest BCUT2D eigenvalue weighted by Gasteiger charge is -2.26. The Hall–Kier alpha value is -3.06. The summed E-state index contributed by atoms with van der Waals surface area (Å²) < 4.78 is 5.91. The molecular formula is C23H22N4O2S. The Bertz CT molecular complexity index is 1140. The van der Waals surface area contributed by atoms with E-state index < -0.39 is 0 Å². The topological polar surface area (TPSA) is 80.9 Å². The average molecular weight is 419 g/mol. The fourth-order valence-corrected chi connectivity index (χ4v) is 4.78. The summed E-state index contributed by atoms with van der Waals surface area (Å²) in [6.07, 6.45) is 5.83. The minimum Gasteiger partial charge on any atom is -0.420 e. The van der Waals surface area contributed by atoms with Gasteiger partial charge in [0.25, 0.3) is 5.91 Å². The van der Waals surface area contributed by atoms with Crippen LogP contribution in [0.25, 0.3) is 22.4 Å². The van der Waals surface area contributed by atoms with E-state index in [1.807, 2.05) is 47.2 Å². The van der Waals surface area contributed by atoms with Gasteiger partial charge in [0.2, 0.25) is 11.8 Å². The molecule has 0 unspecified atom stereocenters. The molecule has 4 aromatic rings. The molecule has 1 fully saturated rings. The third-order valence-corrected chi connectivity index (χ3v) is 6.53. The zero-order valence-electron chi connectivity index (χ0n) is 16.5. The number of hydrogen-bond donors (Lipinski definition) is 1. The highest BCUT2D eigenvalue weighted by molar-refractivity contribution is 7.08. The highest BCUT2D eigenvalue weighted by atomic mass is 32.1. The van der Waals surface area contributed by atoms with E-state index in [9.17, 15) is 4.79 Å². The zero-order chi connectivity index (χ0) is 20.3. The van der Waals surface area contributed by atoms with Gasteiger partial charge in [0.15, 0.2) is 0 Å². The molecule has 6 nitrogen and oxygen atoms in total. The van der Waals surface area contributed by atoms with Crippen molar-refractivity contribution in [3.63, 3.8) is 0 Å². The second-order valence-corrected chi connectivity index (χ2v) is 8.54. The Morgan fingerprint density at radius 1 is 1.10 bits per heavy atom. The van der Waals surface area contributed by atoms with Crippen molar-refractivity contribution >= 4 is 28.1 Å². The summed E-state index contributed by atoms with van der Waals surface area (Å²) in [5.41, 5.74) is 2.51. The zero-order valence-corrected chi connectivity index (χ0v) is 17.3. The second-order valence-electron chi connectivity index (χ2n) is 7.76. The Morgan fingerprint density at radius 2 is 2.00 bits per heavy atom. The summed E-state index contributed by atoms with van der Waals surface area (Å²) in [7, 11) is 0. The van der Waals surface area contributed by atoms with Gasteiger partial charge >= 0.3 is 0 Å². The third-order valence-electron chi connectivity index (χ3n) is 5.85. The normalized spacial score (nSPS) is 19.1. The predicted molar refractivity (Wildman–Crippen MR) is 116 cm³/mol. The number of amides is 1. The van der Waals surface area contributed by atoms with Crippen molar-refractivity contribution in [2.75, 3.05) is 6.54 Å². The molecule has 1 aliphatic rings. The first-order chi connectivity index (χ1) is 14.8. The molecule has 30 heavy (non-hydrogen) atoms. The van der Waals surface area contributed by atoms with Crippen molar-refractivity contribution in [2.24, 2.45) is 5.92 Å². The number of rotatable bonds is 5. The maximum atomic E-state index is 12.7. The van der Waals surface area contributed by atoms with Gasteiger partial charge in [-0.15, -0.1) is 10.2 Å². The van der Waals surface area contributed by atoms with Gasteiger partial charge in [-0.05, 0) is 61.2 Å². The van der Waals surface area contributed by atoms with Crippen LogP contribution in [0, 0.1) is 5.92 Å². The number of nitrogens with zero attached hydrogens (tertiary/aromatic N) is 3. The number of hydrogen-bond acceptors (Lipinski definition) is 6. The van der Waals surface area contributed by atoms with Gasteiger partial charge < -0.3 is 9.73 Å². The van der Waals surface area contributed by atoms with E-state index in [0.29, 0.717) is 29.8 Å². The minimum absolute atomic E-state index is 0.0342. The summed E-state index contributed by atoms with van der Waals surface area (Å²) in [6.45, 7) is 0.687. The van der Waals surface area contributed by atoms with Crippen LogP contribution in [-0.4, -0.2) is 27.6 Å². The van der Waals surface area contributed by atoms with Gasteiger partial charge in [0.05, 0.1) is 5.52 Å². The van der Waals surface area contributed by atoms with Gasteiger partial charge in [-0.2, -0.15) is 11.3 Å². The van der Waals surface area contributed by atoms with E-state index in [4.69, 9.17) is 4.42 Å². The first-order valence-electron chi connectivity index (χ1n) is 10.3. The molecule has 0 bridgehead atoms. The van der Waals surface area contributed by atoms with Crippen molar-refractivity contribution < 1.29 is 9.21 Å². The predicted octanol–water partition coefficient (Wildman–Crippen LogP) is 5.05. The van der Waals surface area contributed by atoms with Crippen LogP contribution in [0.1, 0.15) is 47.8 Å². The van der Waals surface area contributed by atoms with E-state index >= 15 is 0 Å². The monoisotopic (exact) mass is 418 g/mol. The third kappa shape index (κ3) is 3.85. The van der Waals surface area contributed by atoms with Crippen LogP contribution in [0.5, 0.6) is 0 Å². The Labute approximate surface area is 178 Å². The van der Waals surface area contributed by atoms with Crippen molar-refractivity contribution in [2.45, 2.75) is 31.6 Å². The molecule has 1 N–H and O–H groups in total. The SMILES string of the molecule is O=C(NCC1CCC(c2nnc(-c3ccsc3)o2)CC1)c1cccc2ncccc12. The number of pyridine rings is 1. The molecule has 0 saturated heterocycles. The summed E-state index contributed by atoms with van der Waals surface area (Å²) >= 11 is 1.62. The van der Waals surface area contributed by atoms with Crippen LogP contribution in [-0.2, 0) is 0 Å². The fraction of sp³-hybridized carbons (Fsp3) is 0.304. The number of fused-ring (bicyclic) bond motifs is 1. The van der Waals surface area contributed by atoms with Gasteiger partial charge in [0.1, 0.15) is 0 Å². The minimum atomic E-state index is -0.0342. The number of nitrogens with one attached hydrogen (secondary N) is 1. The molecule has 1 saturated carbocycles. The van der Waals surface area contributed by atoms with Gasteiger partial charge in [-0.1, -0.05) is 12.1 Å². The van der Waals surface area contributed by atoms with E-state index in [1.54, 1.807) is 17.5 Å². The van der Waals surface area contributed by atoms with E-state index in [2.05, 4.69) is 20.5 Å². The van der Waals surface area contributed by atoms with Crippen LogP contribution in [0.4, 0.5) is 0 Å². The first kappa shape index (κ1) is 18.9. The Balaban J connectivity index is 1.16. The highest BCUT2D eigenvalue weighted by Gasteiger charge is 2.27. The van der Waals surface area contributed by atoms with Crippen molar-refractivity contribution in [3.8, 4) is 11.5 Å². The smallest absolute Gasteiger partial charge is 0.251 e. The molecule has 1 aromatic carbocycles. The molecule has 3 aromatic heterocycles. The summed E-state index contributed by atoms with van der Waals surface area (Å²) in [4.78, 5) is 17.1. The van der Waals surface area contributed by atoms with E-state index in [0.717, 1.165) is 48.0 Å². The summed E-state index contributed by atoms with van der Waals surface area (Å²) in [5, 5.41) is 16.5. The first-order valence-corrected chi connectivity index (χ1v) is 11.2. The average Bonchev–Trinajstić information content (AvgIpc) is 3.49. The number of carbonyl (C=O) groups is 1. The van der Waals surface area contributed by atoms with Crippen molar-refractivity contribution in [3.05, 3.63) is 64.8 Å². The molecule has 1 amide bonds. The number of thiophene rings is 1. The van der Waals surface area contributed by atoms with Crippen LogP contribution in [0.2, 0.25) is 0 Å². The quantitative estimate of drug-likeness (QED) is 0.490. The highest BCUT2D eigenvalue weighted by Crippen LogP contribution is 2.36. The molecule has 7 heteroatoms. The molecule has 0 aliphatic heterocycles. The largest absolute Gasteiger partial charge is 0.420 e. The Kier molecular flexibility index (Phi) is 5.27. The van der Waals surface area contributed by atoms with Crippen LogP contribution in [0.15, 0.2) is 57.8 Å². The van der Waals surface area contributed by atoms with Gasteiger partial charge in [0, 0.05) is 40.6 Å². The lowest BCUT2D eigenvalue weighted by Crippen LogP contribution is -2.31. The van der Waals surface area contributed by atoms with Gasteiger partial charge in [-0.25, -0.2) is 0 Å². The molecule has 5 rings (SSSR count). The van der Waals surface area contributed by atoms with Crippen LogP contribution in [0.3, 0.4) is 0 Å². The van der Waals surface area contributed by atoms with E-state index in [-0.39, 0.29) is 5.91 Å². The maximum absolute atomic E-state index is 12.7. The molecule has 152 valence electrons. The van der Waals surface area contributed by atoms with Crippen molar-refractivity contribution in [1.29, 1.82) is 0 Å².